The van der Waals surface area contributed by atoms with E-state index in [1.165, 1.54) is 24.6 Å². The Bertz CT molecular complexity index is 1270. The third kappa shape index (κ3) is 4.80. The summed E-state index contributed by atoms with van der Waals surface area (Å²) >= 11 is 0. The normalized spacial score (nSPS) is 21.2. The Kier molecular flexibility index (Phi) is 6.31. The predicted molar refractivity (Wildman–Crippen MR) is 143 cm³/mol. The minimum absolute atomic E-state index is 0.122. The van der Waals surface area contributed by atoms with Crippen LogP contribution in [0.15, 0.2) is 54.5 Å². The molecule has 1 aliphatic heterocycles. The van der Waals surface area contributed by atoms with E-state index in [9.17, 15) is 4.39 Å². The van der Waals surface area contributed by atoms with E-state index in [4.69, 9.17) is 9.97 Å². The number of halogens is 1. The van der Waals surface area contributed by atoms with Crippen LogP contribution in [0.25, 0.3) is 11.2 Å². The summed E-state index contributed by atoms with van der Waals surface area (Å²) in [5.74, 6) is 1.17. The lowest BCUT2D eigenvalue weighted by Crippen LogP contribution is -2.44. The van der Waals surface area contributed by atoms with Crippen LogP contribution in [-0.2, 0) is 0 Å². The van der Waals surface area contributed by atoms with Crippen molar-refractivity contribution in [3.8, 4) is 0 Å². The zero-order valence-electron chi connectivity index (χ0n) is 20.7. The van der Waals surface area contributed by atoms with Gasteiger partial charge >= 0.3 is 0 Å². The number of hydrogen-bond acceptors (Lipinski definition) is 7. The van der Waals surface area contributed by atoms with E-state index in [1.54, 1.807) is 12.3 Å². The van der Waals surface area contributed by atoms with Crippen molar-refractivity contribution in [2.75, 3.05) is 48.8 Å². The van der Waals surface area contributed by atoms with Crippen molar-refractivity contribution in [3.63, 3.8) is 0 Å². The topological polar surface area (TPSA) is 74.1 Å². The van der Waals surface area contributed by atoms with Gasteiger partial charge in [-0.2, -0.15) is 4.98 Å². The molecule has 8 nitrogen and oxygen atoms in total. The average molecular weight is 489 g/mol. The van der Waals surface area contributed by atoms with E-state index in [-0.39, 0.29) is 11.9 Å². The molecule has 1 atom stereocenters. The van der Waals surface area contributed by atoms with Crippen molar-refractivity contribution >= 4 is 34.4 Å². The number of rotatable bonds is 6. The molecule has 9 heteroatoms. The highest BCUT2D eigenvalue weighted by molar-refractivity contribution is 5.76. The molecule has 2 aromatic heterocycles. The van der Waals surface area contributed by atoms with Gasteiger partial charge in [0.1, 0.15) is 11.3 Å². The zero-order chi connectivity index (χ0) is 24.5. The second-order valence-corrected chi connectivity index (χ2v) is 10.1. The molecule has 0 spiro atoms. The fourth-order valence-electron chi connectivity index (χ4n) is 5.42. The molecule has 3 heterocycles. The summed E-state index contributed by atoms with van der Waals surface area (Å²) in [6.45, 7) is 4.26. The van der Waals surface area contributed by atoms with Crippen LogP contribution in [0.4, 0.5) is 27.7 Å². The van der Waals surface area contributed by atoms with Gasteiger partial charge in [0.05, 0.1) is 12.2 Å². The van der Waals surface area contributed by atoms with Gasteiger partial charge in [0.2, 0.25) is 11.9 Å². The second kappa shape index (κ2) is 9.89. The van der Waals surface area contributed by atoms with Crippen LogP contribution in [0.1, 0.15) is 38.1 Å². The molecule has 1 saturated carbocycles. The molecule has 1 unspecified atom stereocenters. The van der Waals surface area contributed by atoms with Crippen molar-refractivity contribution in [2.45, 2.75) is 44.2 Å². The van der Waals surface area contributed by atoms with Crippen LogP contribution in [0.2, 0.25) is 0 Å². The molecule has 2 N–H and O–H groups in total. The highest BCUT2D eigenvalue weighted by Crippen LogP contribution is 2.35. The van der Waals surface area contributed by atoms with Gasteiger partial charge in [-0.15, -0.1) is 0 Å². The highest BCUT2D eigenvalue weighted by atomic mass is 19.1. The molecule has 1 aromatic carbocycles. The smallest absolute Gasteiger partial charge is 0.229 e. The van der Waals surface area contributed by atoms with Crippen LogP contribution >= 0.6 is 0 Å². The quantitative estimate of drug-likeness (QED) is 0.504. The van der Waals surface area contributed by atoms with Crippen LogP contribution in [0.3, 0.4) is 0 Å². The molecule has 0 radical (unpaired) electrons. The molecule has 3 aliphatic rings. The van der Waals surface area contributed by atoms with Crippen molar-refractivity contribution in [3.05, 3.63) is 54.5 Å². The fraction of sp³-hybridized carbons (Fsp3) is 0.444. The van der Waals surface area contributed by atoms with Crippen LogP contribution < -0.4 is 15.5 Å². The number of aromatic nitrogens is 4. The number of imidazole rings is 1. The summed E-state index contributed by atoms with van der Waals surface area (Å²) < 4.78 is 16.1. The standard InChI is InChI=1S/C27H33FN8/c1-34-13-15-35(16-14-34)22-11-9-20(10-12-22)30-26-29-18-24-25(33-26)36(23-7-2-3-8-23)27(32-24)31-21-6-4-5-19(28)17-21/h4-6,9-12,18,21,23H,2-3,7-8,13-17H2,1H3,(H,31,32)(H,29,30,33). The number of anilines is 4. The average Bonchev–Trinajstić information content (AvgIpc) is 3.52. The van der Waals surface area contributed by atoms with Gasteiger partial charge < -0.3 is 20.4 Å². The van der Waals surface area contributed by atoms with Crippen molar-refractivity contribution in [2.24, 2.45) is 0 Å². The third-order valence-corrected chi connectivity index (χ3v) is 7.46. The molecular formula is C27H33FN8. The summed E-state index contributed by atoms with van der Waals surface area (Å²) in [6.07, 6.45) is 11.9. The van der Waals surface area contributed by atoms with E-state index >= 15 is 0 Å². The maximum absolute atomic E-state index is 13.9. The predicted octanol–water partition coefficient (Wildman–Crippen LogP) is 5.03. The molecular weight excluding hydrogens is 455 g/mol. The number of piperazine rings is 1. The summed E-state index contributed by atoms with van der Waals surface area (Å²) in [5, 5.41) is 6.81. The van der Waals surface area contributed by atoms with Crippen molar-refractivity contribution in [1.29, 1.82) is 0 Å². The Morgan fingerprint density at radius 3 is 2.53 bits per heavy atom. The molecule has 2 aliphatic carbocycles. The largest absolute Gasteiger partial charge is 0.369 e. The zero-order valence-corrected chi connectivity index (χ0v) is 20.7. The SMILES string of the molecule is CN1CCN(c2ccc(Nc3ncc4nc(NC5C=CC=C(F)C5)n(C5CCCC5)c4n3)cc2)CC1. The van der Waals surface area contributed by atoms with Crippen LogP contribution in [-0.4, -0.2) is 63.7 Å². The molecule has 3 aromatic rings. The molecule has 1 saturated heterocycles. The summed E-state index contributed by atoms with van der Waals surface area (Å²) in [5.41, 5.74) is 3.75. The van der Waals surface area contributed by atoms with Gasteiger partial charge in [0, 0.05) is 50.0 Å². The van der Waals surface area contributed by atoms with Crippen LogP contribution in [0, 0.1) is 0 Å². The van der Waals surface area contributed by atoms with E-state index in [0.29, 0.717) is 18.4 Å². The number of allylic oxidation sites excluding steroid dienone is 2. The van der Waals surface area contributed by atoms with E-state index in [2.05, 4.69) is 61.3 Å². The lowest BCUT2D eigenvalue weighted by atomic mass is 10.1. The number of fused-ring (bicyclic) bond motifs is 1. The first-order valence-corrected chi connectivity index (χ1v) is 13.0. The van der Waals surface area contributed by atoms with Gasteiger partial charge in [-0.3, -0.25) is 4.57 Å². The Morgan fingerprint density at radius 2 is 1.78 bits per heavy atom. The minimum atomic E-state index is -0.128. The molecule has 36 heavy (non-hydrogen) atoms. The molecule has 0 amide bonds. The van der Waals surface area contributed by atoms with E-state index < -0.39 is 0 Å². The molecule has 6 rings (SSSR count). The minimum Gasteiger partial charge on any atom is -0.369 e. The molecule has 2 fully saturated rings. The van der Waals surface area contributed by atoms with Gasteiger partial charge in [-0.25, -0.2) is 14.4 Å². The summed E-state index contributed by atoms with van der Waals surface area (Å²) in [6, 6.07) is 8.68. The fourth-order valence-corrected chi connectivity index (χ4v) is 5.42. The summed E-state index contributed by atoms with van der Waals surface area (Å²) in [7, 11) is 2.17. The Morgan fingerprint density at radius 1 is 1.00 bits per heavy atom. The lowest BCUT2D eigenvalue weighted by Gasteiger charge is -2.34. The first-order chi connectivity index (χ1) is 17.6. The van der Waals surface area contributed by atoms with E-state index in [1.807, 2.05) is 6.08 Å². The van der Waals surface area contributed by atoms with Crippen molar-refractivity contribution < 1.29 is 4.39 Å². The van der Waals surface area contributed by atoms with E-state index in [0.717, 1.165) is 61.8 Å². The van der Waals surface area contributed by atoms with Crippen molar-refractivity contribution in [1.82, 2.24) is 24.4 Å². The Hall–Kier alpha value is -3.46. The molecule has 0 bridgehead atoms. The maximum atomic E-state index is 13.9. The van der Waals surface area contributed by atoms with Gasteiger partial charge in [0.25, 0.3) is 0 Å². The van der Waals surface area contributed by atoms with Crippen LogP contribution in [0.5, 0.6) is 0 Å². The number of hydrogen-bond donors (Lipinski definition) is 2. The van der Waals surface area contributed by atoms with Gasteiger partial charge in [-0.1, -0.05) is 25.0 Å². The first-order valence-electron chi connectivity index (χ1n) is 13.0. The number of nitrogens with one attached hydrogen (secondary N) is 2. The Labute approximate surface area is 210 Å². The molecule has 188 valence electrons. The maximum Gasteiger partial charge on any atom is 0.229 e. The number of likely N-dealkylation sites (N-methyl/N-ethyl adjacent to an activating group) is 1. The lowest BCUT2D eigenvalue weighted by molar-refractivity contribution is 0.313. The highest BCUT2D eigenvalue weighted by Gasteiger charge is 2.25. The second-order valence-electron chi connectivity index (χ2n) is 10.1. The number of nitrogens with zero attached hydrogens (tertiary/aromatic N) is 6. The monoisotopic (exact) mass is 488 g/mol. The van der Waals surface area contributed by atoms with Gasteiger partial charge in [-0.05, 0) is 50.2 Å². The first kappa shape index (κ1) is 23.0. The third-order valence-electron chi connectivity index (χ3n) is 7.46. The van der Waals surface area contributed by atoms with Gasteiger partial charge in [0.15, 0.2) is 5.65 Å². The summed E-state index contributed by atoms with van der Waals surface area (Å²) in [4.78, 5) is 19.0. The Balaban J connectivity index is 1.24. The number of benzene rings is 1.